The topological polar surface area (TPSA) is 41.6 Å². The van der Waals surface area contributed by atoms with Crippen molar-refractivity contribution in [2.24, 2.45) is 11.8 Å². The fourth-order valence-electron chi connectivity index (χ4n) is 3.85. The molecule has 21 heavy (non-hydrogen) atoms. The Bertz CT molecular complexity index is 344. The van der Waals surface area contributed by atoms with Crippen molar-refractivity contribution in [3.8, 4) is 0 Å². The van der Waals surface area contributed by atoms with E-state index in [0.29, 0.717) is 5.92 Å². The van der Waals surface area contributed by atoms with Gasteiger partial charge in [0.1, 0.15) is 5.54 Å². The zero-order valence-corrected chi connectivity index (χ0v) is 14.0. The van der Waals surface area contributed by atoms with Crippen LogP contribution in [0.3, 0.4) is 0 Å². The molecule has 2 rings (SSSR count). The smallest absolute Gasteiger partial charge is 0.327 e. The molecule has 2 unspecified atom stereocenters. The number of methoxy groups -OCH3 is 1. The molecule has 0 spiro atoms. The Labute approximate surface area is 129 Å². The number of nitrogens with zero attached hydrogens (tertiary/aromatic N) is 1. The van der Waals surface area contributed by atoms with Crippen LogP contribution in [0.4, 0.5) is 0 Å². The van der Waals surface area contributed by atoms with Gasteiger partial charge in [0.25, 0.3) is 0 Å². The lowest BCUT2D eigenvalue weighted by Crippen LogP contribution is -2.61. The van der Waals surface area contributed by atoms with Crippen molar-refractivity contribution in [2.45, 2.75) is 57.9 Å². The average molecular weight is 296 g/mol. The zero-order chi connectivity index (χ0) is 15.3. The van der Waals surface area contributed by atoms with Gasteiger partial charge in [0.2, 0.25) is 0 Å². The normalized spacial score (nSPS) is 26.9. The predicted molar refractivity (Wildman–Crippen MR) is 85.2 cm³/mol. The Morgan fingerprint density at radius 2 is 2.00 bits per heavy atom. The number of ether oxygens (including phenoxy) is 1. The molecule has 4 nitrogen and oxygen atoms in total. The minimum Gasteiger partial charge on any atom is -0.468 e. The summed E-state index contributed by atoms with van der Waals surface area (Å²) in [4.78, 5) is 15.0. The second-order valence-corrected chi connectivity index (χ2v) is 6.75. The van der Waals surface area contributed by atoms with Gasteiger partial charge in [0.15, 0.2) is 0 Å². The van der Waals surface area contributed by atoms with E-state index in [1.807, 2.05) is 0 Å². The van der Waals surface area contributed by atoms with Gasteiger partial charge in [-0.1, -0.05) is 20.3 Å². The van der Waals surface area contributed by atoms with E-state index < -0.39 is 5.54 Å². The lowest BCUT2D eigenvalue weighted by atomic mass is 9.91. The standard InChI is InChI=1S/C17H32N2O2/c1-4-14-7-6-11-19(12-10-14)13-17(18-5-2,15-8-9-15)16(20)21-3/h14-15,18H,4-13H2,1-3H3. The number of rotatable bonds is 7. The van der Waals surface area contributed by atoms with Crippen LogP contribution in [0.25, 0.3) is 0 Å². The van der Waals surface area contributed by atoms with E-state index in [0.717, 1.165) is 44.9 Å². The molecule has 2 fully saturated rings. The predicted octanol–water partition coefficient (Wildman–Crippen LogP) is 2.43. The van der Waals surface area contributed by atoms with E-state index in [9.17, 15) is 4.79 Å². The van der Waals surface area contributed by atoms with E-state index in [4.69, 9.17) is 4.74 Å². The molecule has 0 aromatic rings. The number of esters is 1. The summed E-state index contributed by atoms with van der Waals surface area (Å²) in [6, 6.07) is 0. The maximum Gasteiger partial charge on any atom is 0.327 e. The van der Waals surface area contributed by atoms with Crippen molar-refractivity contribution in [3.05, 3.63) is 0 Å². The van der Waals surface area contributed by atoms with Gasteiger partial charge in [-0.3, -0.25) is 0 Å². The Kier molecular flexibility index (Phi) is 6.06. The maximum atomic E-state index is 12.5. The average Bonchev–Trinajstić information content (AvgIpc) is 3.33. The van der Waals surface area contributed by atoms with Gasteiger partial charge in [0.05, 0.1) is 7.11 Å². The highest BCUT2D eigenvalue weighted by Gasteiger charge is 2.52. The number of carbonyl (C=O) groups is 1. The number of nitrogens with one attached hydrogen (secondary N) is 1. The van der Waals surface area contributed by atoms with E-state index in [2.05, 4.69) is 24.1 Å². The number of carbonyl (C=O) groups excluding carboxylic acids is 1. The van der Waals surface area contributed by atoms with Crippen LogP contribution in [0, 0.1) is 11.8 Å². The summed E-state index contributed by atoms with van der Waals surface area (Å²) in [5.41, 5.74) is -0.477. The summed E-state index contributed by atoms with van der Waals surface area (Å²) in [6.07, 6.45) is 7.44. The molecular weight excluding hydrogens is 264 g/mol. The molecule has 4 heteroatoms. The first-order chi connectivity index (χ1) is 10.2. The first-order valence-electron chi connectivity index (χ1n) is 8.72. The Morgan fingerprint density at radius 3 is 2.57 bits per heavy atom. The highest BCUT2D eigenvalue weighted by atomic mass is 16.5. The first-order valence-corrected chi connectivity index (χ1v) is 8.72. The number of likely N-dealkylation sites (N-methyl/N-ethyl adjacent to an activating group) is 1. The Hall–Kier alpha value is -0.610. The Morgan fingerprint density at radius 1 is 1.24 bits per heavy atom. The third kappa shape index (κ3) is 3.98. The molecule has 1 heterocycles. The van der Waals surface area contributed by atoms with Crippen molar-refractivity contribution < 1.29 is 9.53 Å². The van der Waals surface area contributed by atoms with Crippen LogP contribution < -0.4 is 5.32 Å². The van der Waals surface area contributed by atoms with Crippen LogP contribution >= 0.6 is 0 Å². The molecule has 1 saturated heterocycles. The minimum atomic E-state index is -0.477. The van der Waals surface area contributed by atoms with E-state index in [1.54, 1.807) is 0 Å². The first kappa shape index (κ1) is 16.8. The highest BCUT2D eigenvalue weighted by Crippen LogP contribution is 2.41. The van der Waals surface area contributed by atoms with Gasteiger partial charge in [-0.15, -0.1) is 0 Å². The molecule has 1 aliphatic carbocycles. The fourth-order valence-corrected chi connectivity index (χ4v) is 3.85. The van der Waals surface area contributed by atoms with Crippen LogP contribution in [0.5, 0.6) is 0 Å². The monoisotopic (exact) mass is 296 g/mol. The number of hydrogen-bond donors (Lipinski definition) is 1. The van der Waals surface area contributed by atoms with Gasteiger partial charge in [0, 0.05) is 6.54 Å². The van der Waals surface area contributed by atoms with Crippen molar-refractivity contribution in [2.75, 3.05) is 33.3 Å². The largest absolute Gasteiger partial charge is 0.468 e. The molecule has 0 radical (unpaired) electrons. The SMILES string of the molecule is CCNC(CN1CCCC(CC)CC1)(C(=O)OC)C1CC1. The molecule has 0 aromatic carbocycles. The summed E-state index contributed by atoms with van der Waals surface area (Å²) in [7, 11) is 1.52. The molecule has 122 valence electrons. The summed E-state index contributed by atoms with van der Waals surface area (Å²) < 4.78 is 5.16. The second-order valence-electron chi connectivity index (χ2n) is 6.75. The molecular formula is C17H32N2O2. The van der Waals surface area contributed by atoms with Crippen LogP contribution in [-0.4, -0.2) is 49.7 Å². The lowest BCUT2D eigenvalue weighted by Gasteiger charge is -2.37. The van der Waals surface area contributed by atoms with Gasteiger partial charge in [-0.25, -0.2) is 4.79 Å². The van der Waals surface area contributed by atoms with E-state index in [-0.39, 0.29) is 5.97 Å². The zero-order valence-electron chi connectivity index (χ0n) is 14.0. The van der Waals surface area contributed by atoms with Crippen LogP contribution in [0.1, 0.15) is 52.4 Å². The Balaban J connectivity index is 2.05. The summed E-state index contributed by atoms with van der Waals surface area (Å²) in [5, 5.41) is 3.49. The molecule has 0 amide bonds. The maximum absolute atomic E-state index is 12.5. The summed E-state index contributed by atoms with van der Waals surface area (Å²) in [6.45, 7) is 8.24. The van der Waals surface area contributed by atoms with Crippen LogP contribution in [0.15, 0.2) is 0 Å². The number of likely N-dealkylation sites (tertiary alicyclic amines) is 1. The summed E-state index contributed by atoms with van der Waals surface area (Å²) in [5.74, 6) is 1.25. The third-order valence-corrected chi connectivity index (χ3v) is 5.31. The fraction of sp³-hybridized carbons (Fsp3) is 0.941. The lowest BCUT2D eigenvalue weighted by molar-refractivity contribution is -0.150. The molecule has 0 aromatic heterocycles. The van der Waals surface area contributed by atoms with Gasteiger partial charge in [-0.2, -0.15) is 0 Å². The molecule has 2 atom stereocenters. The van der Waals surface area contributed by atoms with Gasteiger partial charge in [-0.05, 0) is 63.6 Å². The van der Waals surface area contributed by atoms with Crippen LogP contribution in [0.2, 0.25) is 0 Å². The van der Waals surface area contributed by atoms with Crippen molar-refractivity contribution >= 4 is 5.97 Å². The molecule has 1 N–H and O–H groups in total. The van der Waals surface area contributed by atoms with Crippen molar-refractivity contribution in [3.63, 3.8) is 0 Å². The van der Waals surface area contributed by atoms with Crippen molar-refractivity contribution in [1.29, 1.82) is 0 Å². The molecule has 1 aliphatic heterocycles. The molecule has 2 aliphatic rings. The van der Waals surface area contributed by atoms with E-state index >= 15 is 0 Å². The second kappa shape index (κ2) is 7.59. The minimum absolute atomic E-state index is 0.0665. The van der Waals surface area contributed by atoms with Gasteiger partial charge < -0.3 is 15.0 Å². The molecule has 0 bridgehead atoms. The van der Waals surface area contributed by atoms with Crippen molar-refractivity contribution in [1.82, 2.24) is 10.2 Å². The third-order valence-electron chi connectivity index (χ3n) is 5.31. The summed E-state index contributed by atoms with van der Waals surface area (Å²) >= 11 is 0. The quantitative estimate of drug-likeness (QED) is 0.733. The highest BCUT2D eigenvalue weighted by molar-refractivity contribution is 5.82. The number of hydrogen-bond acceptors (Lipinski definition) is 4. The van der Waals surface area contributed by atoms with Gasteiger partial charge >= 0.3 is 5.97 Å². The van der Waals surface area contributed by atoms with Crippen LogP contribution in [-0.2, 0) is 9.53 Å². The van der Waals surface area contributed by atoms with E-state index in [1.165, 1.54) is 32.8 Å². The molecule has 1 saturated carbocycles.